The van der Waals surface area contributed by atoms with Crippen molar-refractivity contribution in [2.24, 2.45) is 0 Å². The number of benzene rings is 1. The zero-order valence-electron chi connectivity index (χ0n) is 13.9. The Kier molecular flexibility index (Phi) is 10.7. The van der Waals surface area contributed by atoms with Crippen molar-refractivity contribution < 1.29 is 23.2 Å². The maximum absolute atomic E-state index is 10.8. The molecule has 0 bridgehead atoms. The molecule has 1 saturated heterocycles. The van der Waals surface area contributed by atoms with Crippen LogP contribution in [0.25, 0.3) is 0 Å². The van der Waals surface area contributed by atoms with Crippen molar-refractivity contribution in [2.75, 3.05) is 26.2 Å². The fourth-order valence-corrected chi connectivity index (χ4v) is 2.25. The lowest BCUT2D eigenvalue weighted by Crippen LogP contribution is -2.21. The Morgan fingerprint density at radius 1 is 1.33 bits per heavy atom. The molecule has 8 nitrogen and oxygen atoms in total. The molecule has 1 N–H and O–H groups in total. The number of aliphatic hydroxyl groups excluding tert-OH is 1. The fraction of sp³-hybridized carbons (Fsp3) is 0.571. The Balaban J connectivity index is 0.000000399. The highest BCUT2D eigenvalue weighted by Gasteiger charge is 2.16. The predicted octanol–water partition coefficient (Wildman–Crippen LogP) is 2.21. The van der Waals surface area contributed by atoms with E-state index in [4.69, 9.17) is 15.8 Å². The molecule has 1 aromatic carbocycles. The minimum absolute atomic E-state index is 0.275. The smallest absolute Gasteiger partial charge is 0.270 e. The molecule has 1 aromatic rings. The zero-order valence-corrected chi connectivity index (χ0v) is 15.5. The summed E-state index contributed by atoms with van der Waals surface area (Å²) in [4.78, 5) is 11.7. The van der Waals surface area contributed by atoms with Gasteiger partial charge in [-0.25, -0.2) is 8.42 Å². The molecule has 1 fully saturated rings. The SMILES string of the molecule is CCN(CC)CC.O=[N+]([O-])c1cccc(S(=O)(=O)Cl)c1.O[C@@H]1CO1. The van der Waals surface area contributed by atoms with Gasteiger partial charge in [0.1, 0.15) is 6.61 Å². The molecule has 0 saturated carbocycles. The summed E-state index contributed by atoms with van der Waals surface area (Å²) in [6, 6.07) is 4.54. The fourth-order valence-electron chi connectivity index (χ4n) is 1.46. The first-order chi connectivity index (χ1) is 11.1. The molecule has 0 amide bonds. The van der Waals surface area contributed by atoms with Gasteiger partial charge in [0.25, 0.3) is 14.7 Å². The third kappa shape index (κ3) is 10.5. The highest BCUT2D eigenvalue weighted by Crippen LogP contribution is 2.19. The highest BCUT2D eigenvalue weighted by molar-refractivity contribution is 8.13. The lowest BCUT2D eigenvalue weighted by Gasteiger charge is -2.13. The normalized spacial score (nSPS) is 15.7. The van der Waals surface area contributed by atoms with Crippen LogP contribution in [-0.4, -0.2) is 55.9 Å². The Hall–Kier alpha value is -1.26. The number of ether oxygens (including phenoxy) is 1. The number of rotatable bonds is 5. The zero-order chi connectivity index (χ0) is 18.8. The maximum atomic E-state index is 10.8. The van der Waals surface area contributed by atoms with E-state index in [9.17, 15) is 18.5 Å². The molecular formula is C14H23ClN2O6S. The first kappa shape index (κ1) is 22.7. The molecule has 1 heterocycles. The largest absolute Gasteiger partial charge is 0.366 e. The topological polar surface area (TPSA) is 113 Å². The molecular weight excluding hydrogens is 360 g/mol. The van der Waals surface area contributed by atoms with Gasteiger partial charge < -0.3 is 14.7 Å². The molecule has 0 aliphatic carbocycles. The molecule has 0 unspecified atom stereocenters. The number of non-ortho nitro benzene ring substituents is 1. The van der Waals surface area contributed by atoms with Gasteiger partial charge in [-0.1, -0.05) is 26.8 Å². The Labute approximate surface area is 146 Å². The van der Waals surface area contributed by atoms with E-state index in [1.807, 2.05) is 0 Å². The van der Waals surface area contributed by atoms with Crippen LogP contribution >= 0.6 is 10.7 Å². The summed E-state index contributed by atoms with van der Waals surface area (Å²) in [5.74, 6) is 0. The molecule has 2 rings (SSSR count). The van der Waals surface area contributed by atoms with Crippen LogP contribution < -0.4 is 0 Å². The first-order valence-corrected chi connectivity index (χ1v) is 9.67. The second kappa shape index (κ2) is 11.3. The Morgan fingerprint density at radius 2 is 1.79 bits per heavy atom. The summed E-state index contributed by atoms with van der Waals surface area (Å²) in [6.45, 7) is 10.7. The van der Waals surface area contributed by atoms with Gasteiger partial charge in [-0.05, 0) is 25.7 Å². The second-order valence-corrected chi connectivity index (χ2v) is 7.17. The van der Waals surface area contributed by atoms with Crippen LogP contribution in [-0.2, 0) is 13.8 Å². The number of aliphatic hydroxyl groups is 1. The average molecular weight is 383 g/mol. The van der Waals surface area contributed by atoms with Crippen molar-refractivity contribution >= 4 is 25.4 Å². The van der Waals surface area contributed by atoms with Crippen molar-refractivity contribution in [2.45, 2.75) is 32.0 Å². The first-order valence-electron chi connectivity index (χ1n) is 7.36. The molecule has 24 heavy (non-hydrogen) atoms. The minimum Gasteiger partial charge on any atom is -0.366 e. The number of hydrogen-bond acceptors (Lipinski definition) is 7. The van der Waals surface area contributed by atoms with Crippen LogP contribution in [0.3, 0.4) is 0 Å². The number of nitro benzene ring substituents is 1. The van der Waals surface area contributed by atoms with Crippen LogP contribution in [0.5, 0.6) is 0 Å². The molecule has 1 aliphatic heterocycles. The van der Waals surface area contributed by atoms with Crippen LogP contribution in [0.1, 0.15) is 20.8 Å². The number of epoxide rings is 1. The third-order valence-electron chi connectivity index (χ3n) is 2.97. The summed E-state index contributed by atoms with van der Waals surface area (Å²) in [7, 11) is 1.09. The monoisotopic (exact) mass is 382 g/mol. The molecule has 1 atom stereocenters. The number of hydrogen-bond donors (Lipinski definition) is 1. The van der Waals surface area contributed by atoms with Gasteiger partial charge in [0, 0.05) is 22.8 Å². The number of nitro groups is 1. The molecule has 1 aliphatic rings. The van der Waals surface area contributed by atoms with E-state index in [1.165, 1.54) is 37.8 Å². The van der Waals surface area contributed by atoms with Crippen LogP contribution in [0.15, 0.2) is 29.2 Å². The molecule has 0 spiro atoms. The highest BCUT2D eigenvalue weighted by atomic mass is 35.7. The van der Waals surface area contributed by atoms with Crippen molar-refractivity contribution in [3.8, 4) is 0 Å². The quantitative estimate of drug-likeness (QED) is 0.359. The molecule has 0 radical (unpaired) electrons. The lowest BCUT2D eigenvalue weighted by atomic mass is 10.3. The Morgan fingerprint density at radius 3 is 2.04 bits per heavy atom. The van der Waals surface area contributed by atoms with E-state index in [0.29, 0.717) is 6.61 Å². The van der Waals surface area contributed by atoms with Gasteiger partial charge in [0.15, 0.2) is 6.29 Å². The minimum atomic E-state index is -3.89. The number of nitrogens with zero attached hydrogens (tertiary/aromatic N) is 2. The predicted molar refractivity (Wildman–Crippen MR) is 91.6 cm³/mol. The van der Waals surface area contributed by atoms with E-state index in [2.05, 4.69) is 30.4 Å². The summed E-state index contributed by atoms with van der Waals surface area (Å²) in [5.41, 5.74) is -0.304. The third-order valence-corrected chi connectivity index (χ3v) is 4.32. The van der Waals surface area contributed by atoms with Crippen LogP contribution in [0.2, 0.25) is 0 Å². The van der Waals surface area contributed by atoms with Gasteiger partial charge in [0.2, 0.25) is 0 Å². The van der Waals surface area contributed by atoms with Crippen LogP contribution in [0.4, 0.5) is 5.69 Å². The van der Waals surface area contributed by atoms with Crippen molar-refractivity contribution in [1.82, 2.24) is 4.90 Å². The van der Waals surface area contributed by atoms with Crippen molar-refractivity contribution in [3.63, 3.8) is 0 Å². The summed E-state index contributed by atoms with van der Waals surface area (Å²) < 4.78 is 25.8. The van der Waals surface area contributed by atoms with Gasteiger partial charge >= 0.3 is 0 Å². The average Bonchev–Trinajstić information content (AvgIpc) is 3.32. The van der Waals surface area contributed by atoms with E-state index >= 15 is 0 Å². The molecule has 0 aromatic heterocycles. The van der Waals surface area contributed by atoms with Gasteiger partial charge in [-0.2, -0.15) is 0 Å². The summed E-state index contributed by atoms with van der Waals surface area (Å²) >= 11 is 0. The summed E-state index contributed by atoms with van der Waals surface area (Å²) in [5, 5.41) is 18.2. The van der Waals surface area contributed by atoms with E-state index in [1.54, 1.807) is 0 Å². The van der Waals surface area contributed by atoms with Crippen molar-refractivity contribution in [1.29, 1.82) is 0 Å². The van der Waals surface area contributed by atoms with Gasteiger partial charge in [-0.15, -0.1) is 0 Å². The second-order valence-electron chi connectivity index (χ2n) is 4.60. The maximum Gasteiger partial charge on any atom is 0.270 e. The van der Waals surface area contributed by atoms with Gasteiger partial charge in [0.05, 0.1) is 9.82 Å². The van der Waals surface area contributed by atoms with Crippen LogP contribution in [0, 0.1) is 10.1 Å². The van der Waals surface area contributed by atoms with E-state index < -0.39 is 20.3 Å². The summed E-state index contributed by atoms with van der Waals surface area (Å²) in [6.07, 6.45) is -0.417. The lowest BCUT2D eigenvalue weighted by molar-refractivity contribution is -0.385. The number of halogens is 1. The Bertz CT molecular complexity index is 598. The van der Waals surface area contributed by atoms with Crippen molar-refractivity contribution in [3.05, 3.63) is 34.4 Å². The van der Waals surface area contributed by atoms with E-state index in [0.717, 1.165) is 6.07 Å². The standard InChI is InChI=1S/C6H4ClNO4S.C6H15N.C2H4O2/c7-13(11,12)6-3-1-2-5(4-6)8(9)10;1-4-7(5-2)6-3;3-2-1-4-2/h1-4H;4-6H2,1-3H3;2-3H,1H2/t;;2-/m..0/s1. The molecule has 10 heteroatoms. The molecule has 138 valence electrons. The van der Waals surface area contributed by atoms with Gasteiger partial charge in [-0.3, -0.25) is 10.1 Å². The van der Waals surface area contributed by atoms with E-state index in [-0.39, 0.29) is 10.6 Å².